The highest BCUT2D eigenvalue weighted by atomic mass is 35.5. The maximum atomic E-state index is 5.98. The molecule has 2 aromatic rings. The highest BCUT2D eigenvalue weighted by Crippen LogP contribution is 2.30. The molecule has 3 nitrogen and oxygen atoms in total. The molecule has 1 heterocycles. The van der Waals surface area contributed by atoms with Gasteiger partial charge in [-0.3, -0.25) is 0 Å². The number of benzene rings is 1. The molecule has 15 heavy (non-hydrogen) atoms. The number of halogens is 2. The van der Waals surface area contributed by atoms with Gasteiger partial charge in [0, 0.05) is 5.02 Å². The average molecular weight is 260 g/mol. The van der Waals surface area contributed by atoms with E-state index in [9.17, 15) is 0 Å². The van der Waals surface area contributed by atoms with Crippen molar-refractivity contribution >= 4 is 50.4 Å². The fourth-order valence-electron chi connectivity index (χ4n) is 1.05. The second-order valence-electron chi connectivity index (χ2n) is 2.82. The minimum atomic E-state index is 0.591. The fraction of sp³-hybridized carbons (Fsp3) is 0. The lowest BCUT2D eigenvalue weighted by Crippen LogP contribution is -1.89. The lowest BCUT2D eigenvalue weighted by Gasteiger charge is -2.04. The maximum absolute atomic E-state index is 5.98. The van der Waals surface area contributed by atoms with Crippen molar-refractivity contribution in [3.8, 4) is 0 Å². The largest absolute Gasteiger partial charge is 0.389 e. The summed E-state index contributed by atoms with van der Waals surface area (Å²) in [6, 6.07) is 5.19. The summed E-state index contributed by atoms with van der Waals surface area (Å²) in [5.41, 5.74) is 6.28. The van der Waals surface area contributed by atoms with E-state index < -0.39 is 0 Å². The lowest BCUT2D eigenvalue weighted by atomic mass is 10.3. The third-order valence-corrected chi connectivity index (χ3v) is 3.00. The predicted octanol–water partition coefficient (Wildman–Crippen LogP) is 3.78. The number of nitrogens with zero attached hydrogens (tertiary/aromatic N) is 1. The van der Waals surface area contributed by atoms with Crippen LogP contribution in [0.1, 0.15) is 0 Å². The summed E-state index contributed by atoms with van der Waals surface area (Å²) in [6.45, 7) is 0. The van der Waals surface area contributed by atoms with Gasteiger partial charge in [0.2, 0.25) is 0 Å². The zero-order valence-corrected chi connectivity index (χ0v) is 9.83. The Morgan fingerprint density at radius 3 is 2.80 bits per heavy atom. The van der Waals surface area contributed by atoms with Gasteiger partial charge in [0.05, 0.1) is 16.9 Å². The van der Waals surface area contributed by atoms with E-state index in [1.54, 1.807) is 24.4 Å². The van der Waals surface area contributed by atoms with Gasteiger partial charge in [0.15, 0.2) is 5.13 Å². The van der Waals surface area contributed by atoms with E-state index in [-0.39, 0.29) is 0 Å². The molecule has 0 amide bonds. The Morgan fingerprint density at radius 1 is 1.33 bits per heavy atom. The van der Waals surface area contributed by atoms with Crippen LogP contribution in [0.4, 0.5) is 15.8 Å². The first-order valence-electron chi connectivity index (χ1n) is 4.08. The molecule has 0 radical (unpaired) electrons. The van der Waals surface area contributed by atoms with E-state index in [1.165, 1.54) is 11.3 Å². The molecule has 2 rings (SSSR count). The van der Waals surface area contributed by atoms with Crippen molar-refractivity contribution < 1.29 is 0 Å². The number of hydrogen-bond acceptors (Lipinski definition) is 4. The molecule has 0 aliphatic carbocycles. The summed E-state index contributed by atoms with van der Waals surface area (Å²) >= 11 is 13.2. The van der Waals surface area contributed by atoms with E-state index in [0.717, 1.165) is 5.69 Å². The summed E-state index contributed by atoms with van der Waals surface area (Å²) in [6.07, 6.45) is 1.59. The van der Waals surface area contributed by atoms with Gasteiger partial charge in [-0.2, -0.15) is 0 Å². The highest BCUT2D eigenvalue weighted by molar-refractivity contribution is 7.19. The Hall–Kier alpha value is -0.970. The summed E-state index contributed by atoms with van der Waals surface area (Å²) < 4.78 is 0. The van der Waals surface area contributed by atoms with Gasteiger partial charge in [-0.05, 0) is 18.2 Å². The van der Waals surface area contributed by atoms with Gasteiger partial charge >= 0.3 is 0 Å². The van der Waals surface area contributed by atoms with Crippen molar-refractivity contribution in [3.63, 3.8) is 0 Å². The van der Waals surface area contributed by atoms with Crippen LogP contribution in [-0.2, 0) is 0 Å². The van der Waals surface area contributed by atoms with Crippen LogP contribution in [0.3, 0.4) is 0 Å². The van der Waals surface area contributed by atoms with Crippen molar-refractivity contribution in [3.05, 3.63) is 34.4 Å². The lowest BCUT2D eigenvalue weighted by molar-refractivity contribution is 1.39. The zero-order valence-electron chi connectivity index (χ0n) is 7.50. The average Bonchev–Trinajstić information content (AvgIpc) is 2.58. The summed E-state index contributed by atoms with van der Waals surface area (Å²) in [4.78, 5) is 4.06. The number of thiazole rings is 1. The number of anilines is 3. The molecule has 0 fully saturated rings. The number of rotatable bonds is 2. The quantitative estimate of drug-likeness (QED) is 0.863. The van der Waals surface area contributed by atoms with E-state index in [1.807, 2.05) is 0 Å². The smallest absolute Gasteiger partial charge is 0.189 e. The van der Waals surface area contributed by atoms with Crippen molar-refractivity contribution in [2.24, 2.45) is 0 Å². The van der Waals surface area contributed by atoms with E-state index in [4.69, 9.17) is 28.9 Å². The van der Waals surface area contributed by atoms with Crippen molar-refractivity contribution in [1.29, 1.82) is 0 Å². The molecule has 0 aliphatic heterocycles. The van der Waals surface area contributed by atoms with Crippen molar-refractivity contribution in [2.75, 3.05) is 11.1 Å². The SMILES string of the molecule is Nc1cnc(Nc2cc(Cl)ccc2Cl)s1. The van der Waals surface area contributed by atoms with Crippen molar-refractivity contribution in [2.45, 2.75) is 0 Å². The van der Waals surface area contributed by atoms with Gasteiger partial charge in [0.25, 0.3) is 0 Å². The third kappa shape index (κ3) is 2.53. The molecular weight excluding hydrogens is 253 g/mol. The molecule has 6 heteroatoms. The standard InChI is InChI=1S/C9H7Cl2N3S/c10-5-1-2-6(11)7(3-5)14-9-13-4-8(12)15-9/h1-4H,12H2,(H,13,14). The second-order valence-corrected chi connectivity index (χ2v) is 4.72. The van der Waals surface area contributed by atoms with Gasteiger partial charge in [-0.15, -0.1) is 0 Å². The topological polar surface area (TPSA) is 50.9 Å². The number of aromatic nitrogens is 1. The van der Waals surface area contributed by atoms with Crippen LogP contribution in [0.25, 0.3) is 0 Å². The Balaban J connectivity index is 2.27. The molecule has 0 spiro atoms. The second kappa shape index (κ2) is 4.26. The van der Waals surface area contributed by atoms with Crippen LogP contribution in [0.5, 0.6) is 0 Å². The zero-order chi connectivity index (χ0) is 10.8. The van der Waals surface area contributed by atoms with Gasteiger partial charge in [0.1, 0.15) is 5.00 Å². The first kappa shape index (κ1) is 10.5. The number of hydrogen-bond donors (Lipinski definition) is 2. The number of nitrogens with one attached hydrogen (secondary N) is 1. The van der Waals surface area contributed by atoms with Crippen LogP contribution in [0, 0.1) is 0 Å². The summed E-state index contributed by atoms with van der Waals surface area (Å²) in [5.74, 6) is 0. The highest BCUT2D eigenvalue weighted by Gasteiger charge is 2.04. The number of nitrogens with two attached hydrogens (primary N) is 1. The number of nitrogen functional groups attached to an aromatic ring is 1. The Morgan fingerprint density at radius 2 is 2.13 bits per heavy atom. The summed E-state index contributed by atoms with van der Waals surface area (Å²) in [7, 11) is 0. The van der Waals surface area contributed by atoms with Gasteiger partial charge in [-0.1, -0.05) is 34.5 Å². The van der Waals surface area contributed by atoms with Crippen LogP contribution in [0.2, 0.25) is 10.0 Å². The van der Waals surface area contributed by atoms with E-state index in [0.29, 0.717) is 20.2 Å². The Kier molecular flexibility index (Phi) is 3.00. The van der Waals surface area contributed by atoms with Crippen LogP contribution in [-0.4, -0.2) is 4.98 Å². The molecule has 0 saturated heterocycles. The summed E-state index contributed by atoms with van der Waals surface area (Å²) in [5, 5.41) is 5.59. The van der Waals surface area contributed by atoms with Crippen molar-refractivity contribution in [1.82, 2.24) is 4.98 Å². The Bertz CT molecular complexity index is 484. The Labute approximate surface area is 101 Å². The van der Waals surface area contributed by atoms with Crippen LogP contribution in [0.15, 0.2) is 24.4 Å². The first-order chi connectivity index (χ1) is 7.15. The molecule has 78 valence electrons. The van der Waals surface area contributed by atoms with Gasteiger partial charge < -0.3 is 11.1 Å². The molecule has 0 bridgehead atoms. The monoisotopic (exact) mass is 259 g/mol. The molecule has 3 N–H and O–H groups in total. The molecule has 0 unspecified atom stereocenters. The van der Waals surface area contributed by atoms with Crippen LogP contribution >= 0.6 is 34.5 Å². The first-order valence-corrected chi connectivity index (χ1v) is 5.66. The van der Waals surface area contributed by atoms with Gasteiger partial charge in [-0.25, -0.2) is 4.98 Å². The minimum Gasteiger partial charge on any atom is -0.389 e. The van der Waals surface area contributed by atoms with E-state index in [2.05, 4.69) is 10.3 Å². The molecule has 0 atom stereocenters. The molecule has 0 saturated carbocycles. The van der Waals surface area contributed by atoms with Crippen LogP contribution < -0.4 is 11.1 Å². The van der Waals surface area contributed by atoms with E-state index >= 15 is 0 Å². The minimum absolute atomic E-state index is 0.591. The fourth-order valence-corrected chi connectivity index (χ4v) is 1.98. The molecule has 1 aromatic carbocycles. The normalized spacial score (nSPS) is 10.3. The predicted molar refractivity (Wildman–Crippen MR) is 66.3 cm³/mol. The third-order valence-electron chi connectivity index (χ3n) is 1.69. The molecule has 1 aromatic heterocycles. The molecular formula is C9H7Cl2N3S. The maximum Gasteiger partial charge on any atom is 0.189 e. The molecule has 0 aliphatic rings.